The van der Waals surface area contributed by atoms with E-state index in [1.54, 1.807) is 41.8 Å². The third-order valence-corrected chi connectivity index (χ3v) is 4.59. The van der Waals surface area contributed by atoms with Gasteiger partial charge in [0.15, 0.2) is 0 Å². The van der Waals surface area contributed by atoms with Crippen LogP contribution in [0.5, 0.6) is 0 Å². The van der Waals surface area contributed by atoms with Crippen molar-refractivity contribution >= 4 is 28.8 Å². The Kier molecular flexibility index (Phi) is 4.56. The average molecular weight is 332 g/mol. The molecule has 0 aliphatic rings. The van der Waals surface area contributed by atoms with Crippen molar-refractivity contribution in [1.82, 2.24) is 15.1 Å². The number of rotatable bonds is 5. The highest BCUT2D eigenvalue weighted by Gasteiger charge is 2.17. The number of amides is 1. The largest absolute Gasteiger partial charge is 0.349 e. The monoisotopic (exact) mass is 331 g/mol. The standard InChI is InChI=1S/C16H14ClN3OS/c17-13-6-2-1-5-12(13)16(21)18-11-14(15-7-3-10-22-15)20-9-4-8-19-20/h1-10,14H,11H2,(H,18,21)/t14-/m1/s1. The molecule has 1 N–H and O–H groups in total. The topological polar surface area (TPSA) is 46.9 Å². The van der Waals surface area contributed by atoms with Gasteiger partial charge in [-0.05, 0) is 29.6 Å². The zero-order valence-electron chi connectivity index (χ0n) is 11.6. The number of hydrogen-bond acceptors (Lipinski definition) is 3. The Balaban J connectivity index is 1.75. The van der Waals surface area contributed by atoms with Gasteiger partial charge in [-0.2, -0.15) is 5.10 Å². The van der Waals surface area contributed by atoms with E-state index in [2.05, 4.69) is 10.4 Å². The fourth-order valence-electron chi connectivity index (χ4n) is 2.20. The number of nitrogens with zero attached hydrogens (tertiary/aromatic N) is 2. The normalized spacial score (nSPS) is 12.0. The summed E-state index contributed by atoms with van der Waals surface area (Å²) >= 11 is 7.70. The Hall–Kier alpha value is -2.11. The van der Waals surface area contributed by atoms with Crippen LogP contribution in [-0.4, -0.2) is 22.2 Å². The van der Waals surface area contributed by atoms with E-state index in [0.717, 1.165) is 4.88 Å². The molecule has 3 rings (SSSR count). The van der Waals surface area contributed by atoms with Gasteiger partial charge in [0.05, 0.1) is 10.6 Å². The molecule has 1 aromatic carbocycles. The van der Waals surface area contributed by atoms with Crippen LogP contribution in [0.4, 0.5) is 0 Å². The first kappa shape index (κ1) is 14.8. The predicted molar refractivity (Wildman–Crippen MR) is 88.5 cm³/mol. The minimum Gasteiger partial charge on any atom is -0.349 e. The van der Waals surface area contributed by atoms with E-state index < -0.39 is 0 Å². The molecule has 1 amide bonds. The molecule has 0 bridgehead atoms. The van der Waals surface area contributed by atoms with E-state index in [4.69, 9.17) is 11.6 Å². The van der Waals surface area contributed by atoms with Crippen LogP contribution >= 0.6 is 22.9 Å². The number of carbonyl (C=O) groups is 1. The smallest absolute Gasteiger partial charge is 0.252 e. The molecule has 2 heterocycles. The summed E-state index contributed by atoms with van der Waals surface area (Å²) in [7, 11) is 0. The van der Waals surface area contributed by atoms with Crippen molar-refractivity contribution < 1.29 is 4.79 Å². The number of hydrogen-bond donors (Lipinski definition) is 1. The SMILES string of the molecule is O=C(NC[C@H](c1cccs1)n1cccn1)c1ccccc1Cl. The second-order valence-electron chi connectivity index (χ2n) is 4.71. The summed E-state index contributed by atoms with van der Waals surface area (Å²) < 4.78 is 1.85. The number of halogens is 1. The molecular weight excluding hydrogens is 318 g/mol. The van der Waals surface area contributed by atoms with Crippen molar-refractivity contribution in [2.75, 3.05) is 6.54 Å². The Bertz CT molecular complexity index is 706. The average Bonchev–Trinajstić information content (AvgIpc) is 3.21. The lowest BCUT2D eigenvalue weighted by atomic mass is 10.2. The number of carbonyl (C=O) groups excluding carboxylic acids is 1. The van der Waals surface area contributed by atoms with Crippen LogP contribution in [-0.2, 0) is 0 Å². The maximum Gasteiger partial charge on any atom is 0.252 e. The molecule has 1 atom stereocenters. The molecule has 0 unspecified atom stereocenters. The summed E-state index contributed by atoms with van der Waals surface area (Å²) in [5, 5.41) is 9.69. The van der Waals surface area contributed by atoms with E-state index in [0.29, 0.717) is 17.1 Å². The lowest BCUT2D eigenvalue weighted by molar-refractivity contribution is 0.0949. The van der Waals surface area contributed by atoms with E-state index in [1.807, 2.05) is 34.5 Å². The van der Waals surface area contributed by atoms with Crippen LogP contribution in [0.3, 0.4) is 0 Å². The molecule has 2 aromatic heterocycles. The van der Waals surface area contributed by atoms with Gasteiger partial charge in [0, 0.05) is 23.8 Å². The predicted octanol–water partition coefficient (Wildman–Crippen LogP) is 3.62. The fraction of sp³-hybridized carbons (Fsp3) is 0.125. The lowest BCUT2D eigenvalue weighted by Gasteiger charge is -2.17. The second-order valence-corrected chi connectivity index (χ2v) is 6.09. The molecular formula is C16H14ClN3OS. The summed E-state index contributed by atoms with van der Waals surface area (Å²) in [5.74, 6) is -0.181. The summed E-state index contributed by atoms with van der Waals surface area (Å²) in [5.41, 5.74) is 0.481. The van der Waals surface area contributed by atoms with Crippen LogP contribution in [0.25, 0.3) is 0 Å². The Morgan fingerprint density at radius 1 is 1.27 bits per heavy atom. The van der Waals surface area contributed by atoms with Gasteiger partial charge in [-0.15, -0.1) is 11.3 Å². The molecule has 22 heavy (non-hydrogen) atoms. The van der Waals surface area contributed by atoms with Gasteiger partial charge in [-0.1, -0.05) is 29.8 Å². The molecule has 0 saturated heterocycles. The quantitative estimate of drug-likeness (QED) is 0.776. The van der Waals surface area contributed by atoms with Crippen LogP contribution in [0.1, 0.15) is 21.3 Å². The molecule has 3 aromatic rings. The first-order valence-electron chi connectivity index (χ1n) is 6.81. The van der Waals surface area contributed by atoms with Crippen LogP contribution in [0.15, 0.2) is 60.2 Å². The minimum absolute atomic E-state index is 0.0264. The van der Waals surface area contributed by atoms with Crippen LogP contribution in [0, 0.1) is 0 Å². The van der Waals surface area contributed by atoms with Crippen molar-refractivity contribution in [3.63, 3.8) is 0 Å². The minimum atomic E-state index is -0.181. The zero-order chi connectivity index (χ0) is 15.4. The summed E-state index contributed by atoms with van der Waals surface area (Å²) in [6, 6.07) is 12.9. The molecule has 0 spiro atoms. The van der Waals surface area contributed by atoms with Gasteiger partial charge < -0.3 is 5.32 Å². The molecule has 0 aliphatic carbocycles. The van der Waals surface area contributed by atoms with Crippen molar-refractivity contribution in [3.05, 3.63) is 75.7 Å². The van der Waals surface area contributed by atoms with Gasteiger partial charge in [-0.25, -0.2) is 0 Å². The molecule has 4 nitrogen and oxygen atoms in total. The van der Waals surface area contributed by atoms with E-state index in [-0.39, 0.29) is 11.9 Å². The number of benzene rings is 1. The van der Waals surface area contributed by atoms with Crippen molar-refractivity contribution in [1.29, 1.82) is 0 Å². The number of nitrogens with one attached hydrogen (secondary N) is 1. The zero-order valence-corrected chi connectivity index (χ0v) is 13.2. The van der Waals surface area contributed by atoms with Crippen molar-refractivity contribution in [2.45, 2.75) is 6.04 Å². The van der Waals surface area contributed by atoms with Gasteiger partial charge in [0.1, 0.15) is 6.04 Å². The van der Waals surface area contributed by atoms with Gasteiger partial charge in [0.25, 0.3) is 5.91 Å². The first-order chi connectivity index (χ1) is 10.8. The van der Waals surface area contributed by atoms with Crippen LogP contribution < -0.4 is 5.32 Å². The number of aromatic nitrogens is 2. The summed E-state index contributed by atoms with van der Waals surface area (Å²) in [6.45, 7) is 0.451. The molecule has 0 fully saturated rings. The van der Waals surface area contributed by atoms with E-state index in [1.165, 1.54) is 0 Å². The maximum atomic E-state index is 12.3. The fourth-order valence-corrected chi connectivity index (χ4v) is 3.24. The van der Waals surface area contributed by atoms with Gasteiger partial charge in [-0.3, -0.25) is 9.48 Å². The third kappa shape index (κ3) is 3.21. The second kappa shape index (κ2) is 6.77. The molecule has 0 saturated carbocycles. The summed E-state index contributed by atoms with van der Waals surface area (Å²) in [6.07, 6.45) is 3.63. The Labute approximate surface area is 137 Å². The molecule has 6 heteroatoms. The van der Waals surface area contributed by atoms with Crippen LogP contribution in [0.2, 0.25) is 5.02 Å². The Morgan fingerprint density at radius 2 is 2.14 bits per heavy atom. The van der Waals surface area contributed by atoms with Gasteiger partial charge >= 0.3 is 0 Å². The Morgan fingerprint density at radius 3 is 2.82 bits per heavy atom. The number of thiophene rings is 1. The van der Waals surface area contributed by atoms with E-state index >= 15 is 0 Å². The molecule has 112 valence electrons. The van der Waals surface area contributed by atoms with Gasteiger partial charge in [0.2, 0.25) is 0 Å². The van der Waals surface area contributed by atoms with Crippen molar-refractivity contribution in [3.8, 4) is 0 Å². The lowest BCUT2D eigenvalue weighted by Crippen LogP contribution is -2.31. The molecule has 0 aliphatic heterocycles. The van der Waals surface area contributed by atoms with E-state index in [9.17, 15) is 4.79 Å². The first-order valence-corrected chi connectivity index (χ1v) is 8.06. The summed E-state index contributed by atoms with van der Waals surface area (Å²) in [4.78, 5) is 13.4. The highest BCUT2D eigenvalue weighted by molar-refractivity contribution is 7.10. The molecule has 0 radical (unpaired) electrons. The highest BCUT2D eigenvalue weighted by Crippen LogP contribution is 2.22. The maximum absolute atomic E-state index is 12.3. The van der Waals surface area contributed by atoms with Crippen molar-refractivity contribution in [2.24, 2.45) is 0 Å². The third-order valence-electron chi connectivity index (χ3n) is 3.29. The highest BCUT2D eigenvalue weighted by atomic mass is 35.5.